The summed E-state index contributed by atoms with van der Waals surface area (Å²) in [6.07, 6.45) is 4.13. The summed E-state index contributed by atoms with van der Waals surface area (Å²) >= 11 is 0. The molecule has 8 heteroatoms. The van der Waals surface area contributed by atoms with Gasteiger partial charge in [-0.25, -0.2) is 9.59 Å². The number of ether oxygens (including phenoxy) is 3. The summed E-state index contributed by atoms with van der Waals surface area (Å²) in [6.45, 7) is 2.81. The molecule has 4 aromatic rings. The van der Waals surface area contributed by atoms with Crippen molar-refractivity contribution in [1.29, 1.82) is 0 Å². The Hall–Kier alpha value is -5.11. The fourth-order valence-electron chi connectivity index (χ4n) is 4.93. The largest absolute Gasteiger partial charge is 0.465 e. The van der Waals surface area contributed by atoms with Crippen molar-refractivity contribution in [1.82, 2.24) is 0 Å². The van der Waals surface area contributed by atoms with Crippen LogP contribution in [0.15, 0.2) is 97.1 Å². The maximum Gasteiger partial charge on any atom is 0.411 e. The van der Waals surface area contributed by atoms with Crippen LogP contribution in [0.2, 0.25) is 0 Å². The molecular weight excluding hydrogens is 580 g/mol. The number of aryl methyl sites for hydroxylation is 1. The predicted molar refractivity (Wildman–Crippen MR) is 180 cm³/mol. The fraction of sp³-hybridized carbons (Fsp3) is 0.289. The number of rotatable bonds is 15. The molecule has 46 heavy (non-hydrogen) atoms. The SMILES string of the molecule is COC(=O)Nc1ccc(Cc2ccc(NC(=O)OCCCCCCOC(=O)Cc3ccc(Cc4cccc(C)c4)cc3)cc2)cc1. The monoisotopic (exact) mass is 622 g/mol. The second-order valence-electron chi connectivity index (χ2n) is 11.2. The second kappa shape index (κ2) is 18.0. The Kier molecular flexibility index (Phi) is 13.2. The first-order valence-corrected chi connectivity index (χ1v) is 15.6. The van der Waals surface area contributed by atoms with Crippen LogP contribution < -0.4 is 10.6 Å². The molecule has 0 atom stereocenters. The molecule has 0 spiro atoms. The van der Waals surface area contributed by atoms with Crippen LogP contribution in [0.3, 0.4) is 0 Å². The molecular formula is C38H42N2O6. The van der Waals surface area contributed by atoms with E-state index >= 15 is 0 Å². The van der Waals surface area contributed by atoms with Crippen molar-refractivity contribution in [3.8, 4) is 0 Å². The van der Waals surface area contributed by atoms with E-state index in [2.05, 4.69) is 58.7 Å². The molecule has 4 aromatic carbocycles. The van der Waals surface area contributed by atoms with Crippen molar-refractivity contribution >= 4 is 29.5 Å². The summed E-state index contributed by atoms with van der Waals surface area (Å²) in [7, 11) is 1.32. The average Bonchev–Trinajstić information content (AvgIpc) is 3.05. The van der Waals surface area contributed by atoms with Crippen molar-refractivity contribution in [3.63, 3.8) is 0 Å². The van der Waals surface area contributed by atoms with E-state index in [4.69, 9.17) is 9.47 Å². The molecule has 0 aliphatic carbocycles. The third-order valence-electron chi connectivity index (χ3n) is 7.39. The van der Waals surface area contributed by atoms with E-state index in [9.17, 15) is 14.4 Å². The van der Waals surface area contributed by atoms with E-state index in [1.54, 1.807) is 0 Å². The maximum absolute atomic E-state index is 12.2. The van der Waals surface area contributed by atoms with Crippen LogP contribution >= 0.6 is 0 Å². The zero-order chi connectivity index (χ0) is 32.6. The number of amides is 2. The summed E-state index contributed by atoms with van der Waals surface area (Å²) in [5.41, 5.74) is 8.18. The zero-order valence-electron chi connectivity index (χ0n) is 26.6. The van der Waals surface area contributed by atoms with Crippen LogP contribution in [0.5, 0.6) is 0 Å². The third-order valence-corrected chi connectivity index (χ3v) is 7.39. The first-order chi connectivity index (χ1) is 22.4. The van der Waals surface area contributed by atoms with Gasteiger partial charge in [0, 0.05) is 11.4 Å². The Balaban J connectivity index is 1.02. The number of anilines is 2. The highest BCUT2D eigenvalue weighted by molar-refractivity contribution is 5.85. The lowest BCUT2D eigenvalue weighted by molar-refractivity contribution is -0.142. The van der Waals surface area contributed by atoms with Gasteiger partial charge >= 0.3 is 18.2 Å². The first-order valence-electron chi connectivity index (χ1n) is 15.6. The Morgan fingerprint density at radius 3 is 1.63 bits per heavy atom. The van der Waals surface area contributed by atoms with Gasteiger partial charge in [0.2, 0.25) is 0 Å². The molecule has 8 nitrogen and oxygen atoms in total. The lowest BCUT2D eigenvalue weighted by atomic mass is 10.0. The molecule has 0 fully saturated rings. The van der Waals surface area contributed by atoms with Crippen molar-refractivity contribution in [2.45, 2.75) is 51.9 Å². The lowest BCUT2D eigenvalue weighted by Crippen LogP contribution is -2.14. The van der Waals surface area contributed by atoms with Crippen LogP contribution in [0.4, 0.5) is 21.0 Å². The Morgan fingerprint density at radius 2 is 1.07 bits per heavy atom. The van der Waals surface area contributed by atoms with Gasteiger partial charge in [-0.05, 0) is 97.5 Å². The molecule has 0 unspecified atom stereocenters. The minimum absolute atomic E-state index is 0.219. The number of hydrogen-bond donors (Lipinski definition) is 2. The van der Waals surface area contributed by atoms with Crippen LogP contribution in [0, 0.1) is 6.92 Å². The number of methoxy groups -OCH3 is 1. The van der Waals surface area contributed by atoms with Crippen molar-refractivity contribution < 1.29 is 28.6 Å². The molecule has 0 aliphatic heterocycles. The van der Waals surface area contributed by atoms with Crippen LogP contribution in [-0.4, -0.2) is 38.5 Å². The summed E-state index contributed by atoms with van der Waals surface area (Å²) < 4.78 is 15.3. The summed E-state index contributed by atoms with van der Waals surface area (Å²) in [6, 6.07) is 31.7. The van der Waals surface area contributed by atoms with Crippen molar-refractivity contribution in [3.05, 3.63) is 130 Å². The molecule has 0 aromatic heterocycles. The quantitative estimate of drug-likeness (QED) is 0.0786. The predicted octanol–water partition coefficient (Wildman–Crippen LogP) is 8.25. The van der Waals surface area contributed by atoms with Gasteiger partial charge in [-0.3, -0.25) is 15.4 Å². The van der Waals surface area contributed by atoms with Crippen LogP contribution in [0.25, 0.3) is 0 Å². The highest BCUT2D eigenvalue weighted by Gasteiger charge is 2.07. The minimum Gasteiger partial charge on any atom is -0.465 e. The highest BCUT2D eigenvalue weighted by Crippen LogP contribution is 2.17. The highest BCUT2D eigenvalue weighted by atomic mass is 16.5. The normalized spacial score (nSPS) is 10.6. The van der Waals surface area contributed by atoms with Crippen molar-refractivity contribution in [2.24, 2.45) is 0 Å². The summed E-state index contributed by atoms with van der Waals surface area (Å²) in [4.78, 5) is 35.7. The maximum atomic E-state index is 12.2. The molecule has 4 rings (SSSR count). The number of esters is 1. The smallest absolute Gasteiger partial charge is 0.411 e. The van der Waals surface area contributed by atoms with E-state index in [1.807, 2.05) is 60.7 Å². The lowest BCUT2D eigenvalue weighted by Gasteiger charge is -2.09. The standard InChI is InChI=1S/C38H42N2O6/c1-28-8-7-9-33(24-28)26-29-10-12-32(13-11-29)27-36(41)45-22-5-3-4-6-23-46-38(43)40-35-20-16-31(17-21-35)25-30-14-18-34(19-15-30)39-37(42)44-2/h7-21,24H,3-6,22-23,25-27H2,1-2H3,(H,39,42)(H,40,43). The van der Waals surface area contributed by atoms with Gasteiger partial charge in [0.1, 0.15) is 0 Å². The topological polar surface area (TPSA) is 103 Å². The van der Waals surface area contributed by atoms with Gasteiger partial charge in [-0.2, -0.15) is 0 Å². The van der Waals surface area contributed by atoms with E-state index in [1.165, 1.54) is 23.8 Å². The molecule has 2 amide bonds. The number of hydrogen-bond acceptors (Lipinski definition) is 6. The molecule has 0 aliphatic rings. The van der Waals surface area contributed by atoms with Gasteiger partial charge in [0.15, 0.2) is 0 Å². The van der Waals surface area contributed by atoms with E-state index < -0.39 is 12.2 Å². The zero-order valence-corrected chi connectivity index (χ0v) is 26.6. The molecule has 2 N–H and O–H groups in total. The molecule has 0 heterocycles. The fourth-order valence-corrected chi connectivity index (χ4v) is 4.93. The van der Waals surface area contributed by atoms with E-state index in [-0.39, 0.29) is 12.4 Å². The molecule has 0 saturated carbocycles. The van der Waals surface area contributed by atoms with Gasteiger partial charge in [0.25, 0.3) is 0 Å². The number of unbranched alkanes of at least 4 members (excludes halogenated alkanes) is 3. The van der Waals surface area contributed by atoms with Gasteiger partial charge in [-0.1, -0.05) is 78.4 Å². The van der Waals surface area contributed by atoms with Gasteiger partial charge in [0.05, 0.1) is 26.7 Å². The van der Waals surface area contributed by atoms with Gasteiger partial charge < -0.3 is 14.2 Å². The second-order valence-corrected chi connectivity index (χ2v) is 11.2. The van der Waals surface area contributed by atoms with Crippen LogP contribution in [0.1, 0.15) is 59.1 Å². The van der Waals surface area contributed by atoms with Gasteiger partial charge in [-0.15, -0.1) is 0 Å². The molecule has 0 bridgehead atoms. The molecule has 0 radical (unpaired) electrons. The Labute approximate surface area is 271 Å². The molecule has 240 valence electrons. The number of nitrogens with one attached hydrogen (secondary N) is 2. The average molecular weight is 623 g/mol. The van der Waals surface area contributed by atoms with E-state index in [0.29, 0.717) is 31.0 Å². The van der Waals surface area contributed by atoms with Crippen LogP contribution in [-0.2, 0) is 38.3 Å². The Morgan fingerprint density at radius 1 is 0.565 bits per heavy atom. The number of carbonyl (C=O) groups is 3. The minimum atomic E-state index is -0.507. The molecule has 0 saturated heterocycles. The van der Waals surface area contributed by atoms with Crippen molar-refractivity contribution in [2.75, 3.05) is 31.0 Å². The summed E-state index contributed by atoms with van der Waals surface area (Å²) in [5, 5.41) is 5.38. The first kappa shape index (κ1) is 33.8. The number of benzene rings is 4. The van der Waals surface area contributed by atoms with E-state index in [0.717, 1.165) is 48.8 Å². The number of carbonyl (C=O) groups excluding carboxylic acids is 3. The summed E-state index contributed by atoms with van der Waals surface area (Å²) in [5.74, 6) is -0.219. The third kappa shape index (κ3) is 12.1. The Bertz CT molecular complexity index is 1550.